The van der Waals surface area contributed by atoms with Crippen molar-refractivity contribution < 1.29 is 13.6 Å². The van der Waals surface area contributed by atoms with Gasteiger partial charge in [0.05, 0.1) is 5.56 Å². The van der Waals surface area contributed by atoms with Crippen molar-refractivity contribution >= 4 is 5.78 Å². The fourth-order valence-electron chi connectivity index (χ4n) is 1.52. The monoisotopic (exact) mass is 233 g/mol. The molecule has 1 aromatic heterocycles. The van der Waals surface area contributed by atoms with Crippen molar-refractivity contribution in [2.45, 2.75) is 6.92 Å². The van der Waals surface area contributed by atoms with E-state index in [2.05, 4.69) is 4.98 Å². The van der Waals surface area contributed by atoms with Gasteiger partial charge in [0.25, 0.3) is 0 Å². The van der Waals surface area contributed by atoms with Crippen molar-refractivity contribution in [3.8, 4) is 0 Å². The zero-order valence-electron chi connectivity index (χ0n) is 9.08. The van der Waals surface area contributed by atoms with Crippen LogP contribution in [0.5, 0.6) is 0 Å². The summed E-state index contributed by atoms with van der Waals surface area (Å²) in [6.07, 6.45) is 1.46. The summed E-state index contributed by atoms with van der Waals surface area (Å²) in [4.78, 5) is 15.9. The Balaban J connectivity index is 2.48. The van der Waals surface area contributed by atoms with E-state index in [1.54, 1.807) is 6.92 Å². The van der Waals surface area contributed by atoms with Crippen molar-refractivity contribution in [2.75, 3.05) is 0 Å². The number of carbonyl (C=O) groups excluding carboxylic acids is 1. The Morgan fingerprint density at radius 2 is 2.00 bits per heavy atom. The van der Waals surface area contributed by atoms with Crippen LogP contribution in [0, 0.1) is 18.6 Å². The zero-order chi connectivity index (χ0) is 12.4. The second kappa shape index (κ2) is 4.41. The highest BCUT2D eigenvalue weighted by Crippen LogP contribution is 2.16. The highest BCUT2D eigenvalue weighted by Gasteiger charge is 2.16. The van der Waals surface area contributed by atoms with Crippen LogP contribution in [0.2, 0.25) is 0 Å². The Morgan fingerprint density at radius 1 is 1.24 bits per heavy atom. The predicted molar refractivity (Wildman–Crippen MR) is 58.8 cm³/mol. The van der Waals surface area contributed by atoms with Crippen molar-refractivity contribution in [3.05, 3.63) is 65.0 Å². The molecule has 0 saturated carbocycles. The summed E-state index contributed by atoms with van der Waals surface area (Å²) >= 11 is 0. The first-order valence-electron chi connectivity index (χ1n) is 5.01. The van der Waals surface area contributed by atoms with Crippen molar-refractivity contribution in [1.29, 1.82) is 0 Å². The Kier molecular flexibility index (Phi) is 2.95. The van der Waals surface area contributed by atoms with E-state index in [9.17, 15) is 13.6 Å². The number of rotatable bonds is 2. The molecule has 0 bridgehead atoms. The van der Waals surface area contributed by atoms with E-state index < -0.39 is 17.4 Å². The summed E-state index contributed by atoms with van der Waals surface area (Å²) in [7, 11) is 0. The third kappa shape index (κ3) is 2.20. The smallest absolute Gasteiger partial charge is 0.196 e. The molecular formula is C13H9F2NO. The van der Waals surface area contributed by atoms with Gasteiger partial charge in [-0.3, -0.25) is 9.78 Å². The van der Waals surface area contributed by atoms with Gasteiger partial charge in [-0.25, -0.2) is 8.78 Å². The molecule has 0 aliphatic carbocycles. The van der Waals surface area contributed by atoms with Gasteiger partial charge in [0.1, 0.15) is 0 Å². The first kappa shape index (κ1) is 11.4. The lowest BCUT2D eigenvalue weighted by atomic mass is 10.0. The minimum absolute atomic E-state index is 0.268. The van der Waals surface area contributed by atoms with Gasteiger partial charge in [0.2, 0.25) is 0 Å². The lowest BCUT2D eigenvalue weighted by Gasteiger charge is -2.03. The SMILES string of the molecule is Cc1cc(C(=O)c2cccc(F)c2F)ccn1. The zero-order valence-corrected chi connectivity index (χ0v) is 9.08. The van der Waals surface area contributed by atoms with Crippen LogP contribution in [-0.2, 0) is 0 Å². The number of aryl methyl sites for hydroxylation is 1. The lowest BCUT2D eigenvalue weighted by Crippen LogP contribution is -2.06. The third-order valence-electron chi connectivity index (χ3n) is 2.36. The van der Waals surface area contributed by atoms with Crippen molar-refractivity contribution in [2.24, 2.45) is 0 Å². The Morgan fingerprint density at radius 3 is 2.71 bits per heavy atom. The van der Waals surface area contributed by atoms with Gasteiger partial charge in [-0.15, -0.1) is 0 Å². The van der Waals surface area contributed by atoms with Crippen LogP contribution in [0.15, 0.2) is 36.5 Å². The van der Waals surface area contributed by atoms with Crippen LogP contribution in [0.3, 0.4) is 0 Å². The molecule has 2 rings (SSSR count). The van der Waals surface area contributed by atoms with Crippen LogP contribution in [0.25, 0.3) is 0 Å². The molecule has 86 valence electrons. The molecule has 0 saturated heterocycles. The summed E-state index contributed by atoms with van der Waals surface area (Å²) in [6, 6.07) is 6.55. The fourth-order valence-corrected chi connectivity index (χ4v) is 1.52. The van der Waals surface area contributed by atoms with Crippen molar-refractivity contribution in [1.82, 2.24) is 4.98 Å². The van der Waals surface area contributed by atoms with Gasteiger partial charge in [0, 0.05) is 17.5 Å². The standard InChI is InChI=1S/C13H9F2NO/c1-8-7-9(5-6-16-8)13(17)10-3-2-4-11(14)12(10)15/h2-7H,1H3. The number of carbonyl (C=O) groups is 1. The Bertz CT molecular complexity index is 581. The summed E-state index contributed by atoms with van der Waals surface area (Å²) in [5, 5.41) is 0. The van der Waals surface area contributed by atoms with Crippen molar-refractivity contribution in [3.63, 3.8) is 0 Å². The molecule has 1 aromatic carbocycles. The highest BCUT2D eigenvalue weighted by molar-refractivity contribution is 6.09. The van der Waals surface area contributed by atoms with Crippen LogP contribution in [0.1, 0.15) is 21.6 Å². The fraction of sp³-hybridized carbons (Fsp3) is 0.0769. The number of nitrogens with zero attached hydrogens (tertiary/aromatic N) is 1. The molecule has 4 heteroatoms. The number of ketones is 1. The van der Waals surface area contributed by atoms with Gasteiger partial charge in [-0.2, -0.15) is 0 Å². The minimum atomic E-state index is -1.12. The normalized spacial score (nSPS) is 10.3. The molecule has 0 atom stereocenters. The average Bonchev–Trinajstić information content (AvgIpc) is 2.32. The largest absolute Gasteiger partial charge is 0.288 e. The lowest BCUT2D eigenvalue weighted by molar-refractivity contribution is 0.103. The highest BCUT2D eigenvalue weighted by atomic mass is 19.2. The van der Waals surface area contributed by atoms with E-state index >= 15 is 0 Å². The molecule has 0 amide bonds. The van der Waals surface area contributed by atoms with Crippen LogP contribution in [-0.4, -0.2) is 10.8 Å². The quantitative estimate of drug-likeness (QED) is 0.746. The van der Waals surface area contributed by atoms with E-state index in [1.165, 1.54) is 30.5 Å². The molecule has 0 radical (unpaired) electrons. The van der Waals surface area contributed by atoms with Gasteiger partial charge >= 0.3 is 0 Å². The second-order valence-electron chi connectivity index (χ2n) is 3.62. The molecule has 0 unspecified atom stereocenters. The van der Waals surface area contributed by atoms with Gasteiger partial charge < -0.3 is 0 Å². The summed E-state index contributed by atoms with van der Waals surface area (Å²) < 4.78 is 26.4. The maximum absolute atomic E-state index is 13.4. The summed E-state index contributed by atoms with van der Waals surface area (Å²) in [6.45, 7) is 1.72. The molecule has 0 spiro atoms. The number of halogens is 2. The topological polar surface area (TPSA) is 30.0 Å². The molecule has 2 aromatic rings. The molecule has 1 heterocycles. The number of hydrogen-bond acceptors (Lipinski definition) is 2. The van der Waals surface area contributed by atoms with E-state index in [-0.39, 0.29) is 5.56 Å². The van der Waals surface area contributed by atoms with E-state index in [0.29, 0.717) is 11.3 Å². The van der Waals surface area contributed by atoms with Gasteiger partial charge in [-0.05, 0) is 31.2 Å². The van der Waals surface area contributed by atoms with E-state index in [1.807, 2.05) is 0 Å². The molecule has 2 nitrogen and oxygen atoms in total. The maximum atomic E-state index is 13.4. The number of hydrogen-bond donors (Lipinski definition) is 0. The second-order valence-corrected chi connectivity index (χ2v) is 3.62. The summed E-state index contributed by atoms with van der Waals surface area (Å²) in [5.41, 5.74) is 0.672. The van der Waals surface area contributed by atoms with Crippen LogP contribution in [0.4, 0.5) is 8.78 Å². The minimum Gasteiger partial charge on any atom is -0.288 e. The third-order valence-corrected chi connectivity index (χ3v) is 2.36. The Labute approximate surface area is 96.9 Å². The molecule has 0 fully saturated rings. The maximum Gasteiger partial charge on any atom is 0.196 e. The number of benzene rings is 1. The van der Waals surface area contributed by atoms with Crippen LogP contribution >= 0.6 is 0 Å². The molecular weight excluding hydrogens is 224 g/mol. The Hall–Kier alpha value is -2.10. The predicted octanol–water partition coefficient (Wildman–Crippen LogP) is 2.90. The summed E-state index contributed by atoms with van der Waals surface area (Å²) in [5.74, 6) is -2.69. The molecule has 0 N–H and O–H groups in total. The van der Waals surface area contributed by atoms with E-state index in [4.69, 9.17) is 0 Å². The molecule has 0 aliphatic heterocycles. The average molecular weight is 233 g/mol. The van der Waals surface area contributed by atoms with Crippen LogP contribution < -0.4 is 0 Å². The van der Waals surface area contributed by atoms with Gasteiger partial charge in [0.15, 0.2) is 17.4 Å². The first-order chi connectivity index (χ1) is 8.09. The molecule has 17 heavy (non-hydrogen) atoms. The van der Waals surface area contributed by atoms with E-state index in [0.717, 1.165) is 6.07 Å². The number of pyridine rings is 1. The molecule has 0 aliphatic rings. The number of aromatic nitrogens is 1. The first-order valence-corrected chi connectivity index (χ1v) is 5.01. The van der Waals surface area contributed by atoms with Gasteiger partial charge in [-0.1, -0.05) is 6.07 Å².